The lowest BCUT2D eigenvalue weighted by Crippen LogP contribution is -2.33. The highest BCUT2D eigenvalue weighted by Crippen LogP contribution is 2.37. The van der Waals surface area contributed by atoms with Gasteiger partial charge in [-0.1, -0.05) is 23.7 Å². The molecule has 0 saturated carbocycles. The number of hydrogen-bond acceptors (Lipinski definition) is 5. The molecule has 0 radical (unpaired) electrons. The summed E-state index contributed by atoms with van der Waals surface area (Å²) in [6, 6.07) is 8.73. The predicted molar refractivity (Wildman–Crippen MR) is 108 cm³/mol. The second-order valence-corrected chi connectivity index (χ2v) is 7.48. The van der Waals surface area contributed by atoms with E-state index in [0.29, 0.717) is 12.6 Å². The number of nitrogens with zero attached hydrogens (tertiary/aromatic N) is 3. The van der Waals surface area contributed by atoms with E-state index in [0.717, 1.165) is 53.5 Å². The van der Waals surface area contributed by atoms with Gasteiger partial charge in [-0.25, -0.2) is 0 Å². The highest BCUT2D eigenvalue weighted by atomic mass is 16.5. The molecule has 1 aliphatic rings. The molecule has 1 aliphatic heterocycles. The Bertz CT molecular complexity index is 913. The topological polar surface area (TPSA) is 67.2 Å². The van der Waals surface area contributed by atoms with Crippen LogP contribution >= 0.6 is 0 Å². The Hall–Kier alpha value is -2.60. The largest absolute Gasteiger partial charge is 0.494 e. The fourth-order valence-electron chi connectivity index (χ4n) is 4.00. The monoisotopic (exact) mass is 380 g/mol. The Morgan fingerprint density at radius 2 is 2.04 bits per heavy atom. The van der Waals surface area contributed by atoms with E-state index in [4.69, 9.17) is 9.26 Å². The molecule has 1 fully saturated rings. The molecule has 3 aromatic rings. The first kappa shape index (κ1) is 18.7. The van der Waals surface area contributed by atoms with Gasteiger partial charge in [-0.05, 0) is 57.9 Å². The minimum atomic E-state index is 0.294. The summed E-state index contributed by atoms with van der Waals surface area (Å²) in [5, 5.41) is 11.7. The number of piperidine rings is 1. The van der Waals surface area contributed by atoms with Crippen LogP contribution in [0.1, 0.15) is 54.7 Å². The third-order valence-corrected chi connectivity index (χ3v) is 5.64. The molecule has 0 bridgehead atoms. The molecule has 3 heterocycles. The van der Waals surface area contributed by atoms with E-state index in [-0.39, 0.29) is 0 Å². The van der Waals surface area contributed by atoms with Crippen LogP contribution in [0.4, 0.5) is 0 Å². The normalized spacial score (nSPS) is 17.8. The Balaban J connectivity index is 1.58. The first-order valence-electron chi connectivity index (χ1n) is 10.1. The molecule has 0 unspecified atom stereocenters. The molecule has 1 saturated heterocycles. The average Bonchev–Trinajstić information content (AvgIpc) is 3.31. The number of aromatic nitrogens is 3. The summed E-state index contributed by atoms with van der Waals surface area (Å²) < 4.78 is 11.2. The number of H-pyrrole nitrogens is 1. The van der Waals surface area contributed by atoms with Crippen LogP contribution in [0.5, 0.6) is 5.75 Å². The van der Waals surface area contributed by atoms with Gasteiger partial charge in [-0.15, -0.1) is 0 Å². The van der Waals surface area contributed by atoms with Gasteiger partial charge in [-0.2, -0.15) is 5.10 Å². The maximum atomic E-state index is 5.62. The summed E-state index contributed by atoms with van der Waals surface area (Å²) in [6.07, 6.45) is 5.42. The maximum absolute atomic E-state index is 5.62. The van der Waals surface area contributed by atoms with E-state index in [1.807, 2.05) is 20.0 Å². The van der Waals surface area contributed by atoms with Gasteiger partial charge in [0.05, 0.1) is 35.8 Å². The Labute approximate surface area is 165 Å². The molecule has 0 aliphatic carbocycles. The molecule has 1 atom stereocenters. The van der Waals surface area contributed by atoms with Crippen LogP contribution in [0.3, 0.4) is 0 Å². The molecule has 0 amide bonds. The third kappa shape index (κ3) is 3.69. The van der Waals surface area contributed by atoms with E-state index in [1.165, 1.54) is 18.4 Å². The van der Waals surface area contributed by atoms with Crippen LogP contribution in [0, 0.1) is 13.8 Å². The number of ether oxygens (including phenoxy) is 1. The molecule has 4 rings (SSSR count). The van der Waals surface area contributed by atoms with Gasteiger partial charge in [0, 0.05) is 12.1 Å². The number of benzene rings is 1. The van der Waals surface area contributed by atoms with Gasteiger partial charge in [0.15, 0.2) is 5.76 Å². The van der Waals surface area contributed by atoms with Crippen LogP contribution in [0.25, 0.3) is 11.3 Å². The number of nitrogens with one attached hydrogen (secondary N) is 1. The van der Waals surface area contributed by atoms with E-state index < -0.39 is 0 Å². The van der Waals surface area contributed by atoms with Gasteiger partial charge in [0.25, 0.3) is 0 Å². The Kier molecular flexibility index (Phi) is 5.48. The zero-order chi connectivity index (χ0) is 19.5. The smallest absolute Gasteiger partial charge is 0.173 e. The fourth-order valence-corrected chi connectivity index (χ4v) is 4.00. The average molecular weight is 380 g/mol. The molecular weight excluding hydrogens is 352 g/mol. The lowest BCUT2D eigenvalue weighted by molar-refractivity contribution is 0.137. The standard InChI is InChI=1S/C22H28N4O2/c1-4-27-18-10-8-17(9-11-18)14-26-12-6-5-7-20(26)21-19(13-23-24-21)22-15(2)16(3)25-28-22/h8-11,13,20H,4-7,12,14H2,1-3H3,(H,23,24)/t20-/m0/s1. The molecule has 28 heavy (non-hydrogen) atoms. The quantitative estimate of drug-likeness (QED) is 0.665. The molecule has 6 heteroatoms. The first-order chi connectivity index (χ1) is 13.7. The lowest BCUT2D eigenvalue weighted by Gasteiger charge is -2.35. The van der Waals surface area contributed by atoms with Crippen molar-refractivity contribution in [2.75, 3.05) is 13.2 Å². The molecule has 6 nitrogen and oxygen atoms in total. The van der Waals surface area contributed by atoms with Crippen LogP contribution in [0.15, 0.2) is 35.0 Å². The third-order valence-electron chi connectivity index (χ3n) is 5.64. The molecular formula is C22H28N4O2. The summed E-state index contributed by atoms with van der Waals surface area (Å²) >= 11 is 0. The Morgan fingerprint density at radius 1 is 1.21 bits per heavy atom. The van der Waals surface area contributed by atoms with Crippen molar-refractivity contribution in [2.45, 2.75) is 52.6 Å². The maximum Gasteiger partial charge on any atom is 0.173 e. The molecule has 2 aromatic heterocycles. The SMILES string of the molecule is CCOc1ccc(CN2CCCC[C@H]2c2[nH]ncc2-c2onc(C)c2C)cc1. The molecule has 148 valence electrons. The number of likely N-dealkylation sites (tertiary alicyclic amines) is 1. The summed E-state index contributed by atoms with van der Waals surface area (Å²) in [4.78, 5) is 2.54. The van der Waals surface area contributed by atoms with Crippen molar-refractivity contribution in [2.24, 2.45) is 0 Å². The predicted octanol–water partition coefficient (Wildman–Crippen LogP) is 4.81. The van der Waals surface area contributed by atoms with E-state index in [2.05, 4.69) is 51.4 Å². The van der Waals surface area contributed by atoms with Crippen molar-refractivity contribution in [1.82, 2.24) is 20.3 Å². The summed E-state index contributed by atoms with van der Waals surface area (Å²) in [7, 11) is 0. The number of aryl methyl sites for hydroxylation is 1. The highest BCUT2D eigenvalue weighted by molar-refractivity contribution is 5.64. The fraction of sp³-hybridized carbons (Fsp3) is 0.455. The second-order valence-electron chi connectivity index (χ2n) is 7.48. The lowest BCUT2D eigenvalue weighted by atomic mass is 9.95. The molecule has 1 aromatic carbocycles. The van der Waals surface area contributed by atoms with Crippen molar-refractivity contribution >= 4 is 0 Å². The van der Waals surface area contributed by atoms with Crippen molar-refractivity contribution in [3.05, 3.63) is 53.0 Å². The van der Waals surface area contributed by atoms with Crippen LogP contribution in [-0.2, 0) is 6.54 Å². The zero-order valence-corrected chi connectivity index (χ0v) is 16.9. The number of rotatable bonds is 6. The molecule has 0 spiro atoms. The van der Waals surface area contributed by atoms with Crippen molar-refractivity contribution in [1.29, 1.82) is 0 Å². The van der Waals surface area contributed by atoms with Crippen LogP contribution < -0.4 is 4.74 Å². The van der Waals surface area contributed by atoms with Crippen LogP contribution in [-0.4, -0.2) is 33.4 Å². The summed E-state index contributed by atoms with van der Waals surface area (Å²) in [5.41, 5.74) is 5.46. The number of aromatic amines is 1. The van der Waals surface area contributed by atoms with Crippen molar-refractivity contribution in [3.8, 4) is 17.1 Å². The minimum Gasteiger partial charge on any atom is -0.494 e. The highest BCUT2D eigenvalue weighted by Gasteiger charge is 2.29. The van der Waals surface area contributed by atoms with E-state index >= 15 is 0 Å². The van der Waals surface area contributed by atoms with E-state index in [9.17, 15) is 0 Å². The minimum absolute atomic E-state index is 0.294. The Morgan fingerprint density at radius 3 is 2.75 bits per heavy atom. The number of hydrogen-bond donors (Lipinski definition) is 1. The van der Waals surface area contributed by atoms with Crippen molar-refractivity contribution < 1.29 is 9.26 Å². The first-order valence-corrected chi connectivity index (χ1v) is 10.1. The molecule has 1 N–H and O–H groups in total. The zero-order valence-electron chi connectivity index (χ0n) is 16.9. The van der Waals surface area contributed by atoms with E-state index in [1.54, 1.807) is 0 Å². The van der Waals surface area contributed by atoms with Crippen LogP contribution in [0.2, 0.25) is 0 Å². The van der Waals surface area contributed by atoms with Crippen molar-refractivity contribution in [3.63, 3.8) is 0 Å². The second kappa shape index (κ2) is 8.19. The van der Waals surface area contributed by atoms with Gasteiger partial charge >= 0.3 is 0 Å². The van der Waals surface area contributed by atoms with Gasteiger partial charge < -0.3 is 9.26 Å². The van der Waals surface area contributed by atoms with Gasteiger partial charge in [-0.3, -0.25) is 10.00 Å². The summed E-state index contributed by atoms with van der Waals surface area (Å²) in [5.74, 6) is 1.75. The summed E-state index contributed by atoms with van der Waals surface area (Å²) in [6.45, 7) is 8.70. The van der Waals surface area contributed by atoms with Gasteiger partial charge in [0.1, 0.15) is 5.75 Å². The van der Waals surface area contributed by atoms with Gasteiger partial charge in [0.2, 0.25) is 0 Å².